The molecule has 1 saturated heterocycles. The van der Waals surface area contributed by atoms with Crippen molar-refractivity contribution in [1.29, 1.82) is 0 Å². The number of aromatic nitrogens is 3. The van der Waals surface area contributed by atoms with Gasteiger partial charge in [-0.15, -0.1) is 34.2 Å². The fourth-order valence-corrected chi connectivity index (χ4v) is 4.73. The van der Waals surface area contributed by atoms with E-state index in [4.69, 9.17) is 11.6 Å². The lowest BCUT2D eigenvalue weighted by Crippen LogP contribution is -2.52. The Labute approximate surface area is 213 Å². The predicted octanol–water partition coefficient (Wildman–Crippen LogP) is 3.60. The molecule has 0 saturated carbocycles. The van der Waals surface area contributed by atoms with Crippen LogP contribution in [-0.4, -0.2) is 70.3 Å². The molecule has 3 heterocycles. The molecule has 0 amide bonds. The van der Waals surface area contributed by atoms with E-state index in [0.717, 1.165) is 81.9 Å². The summed E-state index contributed by atoms with van der Waals surface area (Å²) in [4.78, 5) is 9.35. The Morgan fingerprint density at radius 3 is 2.72 bits per heavy atom. The van der Waals surface area contributed by atoms with Gasteiger partial charge in [0.25, 0.3) is 0 Å². The van der Waals surface area contributed by atoms with E-state index in [1.165, 1.54) is 30.7 Å². The van der Waals surface area contributed by atoms with Gasteiger partial charge in [-0.3, -0.25) is 9.89 Å². The molecule has 2 aliphatic rings. The molecule has 0 aliphatic carbocycles. The first-order chi connectivity index (χ1) is 15.2. The Balaban J connectivity index is 0.00000289. The zero-order valence-corrected chi connectivity index (χ0v) is 22.1. The Kier molecular flexibility index (Phi) is 10.1. The van der Waals surface area contributed by atoms with Crippen LogP contribution in [0, 0.1) is 0 Å². The van der Waals surface area contributed by atoms with E-state index < -0.39 is 0 Å². The van der Waals surface area contributed by atoms with Crippen LogP contribution < -0.4 is 5.32 Å². The molecule has 9 heteroatoms. The number of nitrogens with one attached hydrogen (secondary N) is 1. The third-order valence-electron chi connectivity index (χ3n) is 6.23. The van der Waals surface area contributed by atoms with Gasteiger partial charge in [-0.25, -0.2) is 0 Å². The van der Waals surface area contributed by atoms with E-state index >= 15 is 0 Å². The first-order valence-corrected chi connectivity index (χ1v) is 11.9. The monoisotopic (exact) mass is 571 g/mol. The number of guanidine groups is 1. The van der Waals surface area contributed by atoms with Gasteiger partial charge in [0.15, 0.2) is 5.96 Å². The highest BCUT2D eigenvalue weighted by molar-refractivity contribution is 14.0. The minimum Gasteiger partial charge on any atom is -0.356 e. The number of fused-ring (bicyclic) bond motifs is 1. The molecular formula is C23H35ClIN7. The number of hydrogen-bond donors (Lipinski definition) is 1. The molecular weight excluding hydrogens is 537 g/mol. The van der Waals surface area contributed by atoms with E-state index in [-0.39, 0.29) is 24.0 Å². The fourth-order valence-electron chi connectivity index (χ4n) is 4.52. The number of aliphatic imine (C=N–C) groups is 1. The van der Waals surface area contributed by atoms with Gasteiger partial charge in [0, 0.05) is 70.7 Å². The molecule has 0 atom stereocenters. The molecule has 0 unspecified atom stereocenters. The van der Waals surface area contributed by atoms with Crippen molar-refractivity contribution in [2.45, 2.75) is 51.6 Å². The van der Waals surface area contributed by atoms with Crippen LogP contribution in [-0.2, 0) is 25.9 Å². The largest absolute Gasteiger partial charge is 0.356 e. The summed E-state index contributed by atoms with van der Waals surface area (Å²) in [7, 11) is 1.87. The van der Waals surface area contributed by atoms with Gasteiger partial charge >= 0.3 is 0 Å². The maximum absolute atomic E-state index is 6.12. The summed E-state index contributed by atoms with van der Waals surface area (Å²) in [5.41, 5.74) is 1.27. The molecule has 32 heavy (non-hydrogen) atoms. The predicted molar refractivity (Wildman–Crippen MR) is 141 cm³/mol. The van der Waals surface area contributed by atoms with Crippen molar-refractivity contribution in [2.75, 3.05) is 39.8 Å². The van der Waals surface area contributed by atoms with Crippen molar-refractivity contribution < 1.29 is 0 Å². The van der Waals surface area contributed by atoms with Crippen molar-refractivity contribution in [3.8, 4) is 0 Å². The molecule has 7 nitrogen and oxygen atoms in total. The summed E-state index contributed by atoms with van der Waals surface area (Å²) in [6, 6.07) is 8.16. The lowest BCUT2D eigenvalue weighted by Gasteiger charge is -2.36. The zero-order valence-electron chi connectivity index (χ0n) is 19.0. The molecule has 1 fully saturated rings. The van der Waals surface area contributed by atoms with E-state index in [1.54, 1.807) is 0 Å². The van der Waals surface area contributed by atoms with Gasteiger partial charge in [-0.05, 0) is 37.0 Å². The smallest absolute Gasteiger partial charge is 0.193 e. The van der Waals surface area contributed by atoms with Crippen LogP contribution in [0.1, 0.15) is 42.9 Å². The molecule has 176 valence electrons. The highest BCUT2D eigenvalue weighted by atomic mass is 127. The quantitative estimate of drug-likeness (QED) is 0.249. The van der Waals surface area contributed by atoms with Crippen LogP contribution in [0.5, 0.6) is 0 Å². The second kappa shape index (κ2) is 12.7. The first kappa shape index (κ1) is 25.2. The number of nitrogens with zero attached hydrogens (tertiary/aromatic N) is 6. The summed E-state index contributed by atoms with van der Waals surface area (Å²) in [6.45, 7) is 6.95. The highest BCUT2D eigenvalue weighted by Gasteiger charge is 2.20. The first-order valence-electron chi connectivity index (χ1n) is 11.6. The Bertz CT molecular complexity index is 877. The van der Waals surface area contributed by atoms with Gasteiger partial charge in [-0.2, -0.15) is 0 Å². The minimum absolute atomic E-state index is 0. The highest BCUT2D eigenvalue weighted by Crippen LogP contribution is 2.16. The van der Waals surface area contributed by atoms with Crippen LogP contribution in [0.15, 0.2) is 29.3 Å². The van der Waals surface area contributed by atoms with Gasteiger partial charge in [-0.1, -0.05) is 30.2 Å². The Morgan fingerprint density at radius 2 is 1.94 bits per heavy atom. The standard InChI is InChI=1S/C23H34ClN7.HI/c1-25-23(26-11-6-10-22-28-27-21-9-3-2-4-12-31(21)22)30-15-13-29(14-16-30)18-19-7-5-8-20(24)17-19;/h5,7-8,17H,2-4,6,9-16,18H2,1H3,(H,25,26);1H. The number of halogens is 2. The second-order valence-electron chi connectivity index (χ2n) is 8.47. The van der Waals surface area contributed by atoms with E-state index in [1.807, 2.05) is 19.2 Å². The van der Waals surface area contributed by atoms with Crippen molar-refractivity contribution in [3.63, 3.8) is 0 Å². The van der Waals surface area contributed by atoms with Crippen LogP contribution >= 0.6 is 35.6 Å². The van der Waals surface area contributed by atoms with Crippen molar-refractivity contribution in [1.82, 2.24) is 29.9 Å². The maximum Gasteiger partial charge on any atom is 0.193 e. The zero-order chi connectivity index (χ0) is 21.5. The molecule has 1 aromatic carbocycles. The van der Waals surface area contributed by atoms with Gasteiger partial charge in [0.1, 0.15) is 11.6 Å². The lowest BCUT2D eigenvalue weighted by atomic mass is 10.2. The van der Waals surface area contributed by atoms with Crippen LogP contribution in [0.25, 0.3) is 0 Å². The van der Waals surface area contributed by atoms with Crippen molar-refractivity contribution in [2.24, 2.45) is 4.99 Å². The van der Waals surface area contributed by atoms with E-state index in [2.05, 4.69) is 47.0 Å². The SMILES string of the molecule is CN=C(NCCCc1nnc2n1CCCCC2)N1CCN(Cc2cccc(Cl)c2)CC1.I. The molecule has 2 aromatic rings. The number of rotatable bonds is 6. The third kappa shape index (κ3) is 6.81. The number of piperazine rings is 1. The lowest BCUT2D eigenvalue weighted by molar-refractivity contribution is 0.172. The molecule has 2 aliphatic heterocycles. The molecule has 0 spiro atoms. The summed E-state index contributed by atoms with van der Waals surface area (Å²) >= 11 is 6.12. The van der Waals surface area contributed by atoms with Crippen LogP contribution in [0.4, 0.5) is 0 Å². The average molecular weight is 572 g/mol. The molecule has 0 bridgehead atoms. The molecule has 1 aromatic heterocycles. The average Bonchev–Trinajstić information content (AvgIpc) is 3.00. The van der Waals surface area contributed by atoms with Gasteiger partial charge < -0.3 is 14.8 Å². The Hall–Kier alpha value is -1.39. The minimum atomic E-state index is 0. The van der Waals surface area contributed by atoms with Crippen molar-refractivity contribution in [3.05, 3.63) is 46.5 Å². The van der Waals surface area contributed by atoms with Crippen molar-refractivity contribution >= 4 is 41.5 Å². The third-order valence-corrected chi connectivity index (χ3v) is 6.46. The number of hydrogen-bond acceptors (Lipinski definition) is 4. The van der Waals surface area contributed by atoms with Gasteiger partial charge in [0.2, 0.25) is 0 Å². The van der Waals surface area contributed by atoms with E-state index in [0.29, 0.717) is 0 Å². The molecule has 1 N–H and O–H groups in total. The Morgan fingerprint density at radius 1 is 1.09 bits per heavy atom. The summed E-state index contributed by atoms with van der Waals surface area (Å²) < 4.78 is 2.35. The number of aryl methyl sites for hydroxylation is 2. The summed E-state index contributed by atoms with van der Waals surface area (Å²) in [5.74, 6) is 3.32. The van der Waals surface area contributed by atoms with E-state index in [9.17, 15) is 0 Å². The van der Waals surface area contributed by atoms with Crippen LogP contribution in [0.3, 0.4) is 0 Å². The number of benzene rings is 1. The maximum atomic E-state index is 6.12. The van der Waals surface area contributed by atoms with Crippen LogP contribution in [0.2, 0.25) is 5.02 Å². The summed E-state index contributed by atoms with van der Waals surface area (Å²) in [6.07, 6.45) is 6.85. The second-order valence-corrected chi connectivity index (χ2v) is 8.90. The molecule has 4 rings (SSSR count). The topological polar surface area (TPSA) is 61.6 Å². The fraction of sp³-hybridized carbons (Fsp3) is 0.609. The summed E-state index contributed by atoms with van der Waals surface area (Å²) in [5, 5.41) is 13.2. The normalized spacial score (nSPS) is 17.4. The van der Waals surface area contributed by atoms with Gasteiger partial charge in [0.05, 0.1) is 0 Å². The molecule has 0 radical (unpaired) electrons.